The Balaban J connectivity index is 1.72. The molecule has 0 spiro atoms. The maximum absolute atomic E-state index is 12.7. The summed E-state index contributed by atoms with van der Waals surface area (Å²) in [6, 6.07) is 12.2. The van der Waals surface area contributed by atoms with Crippen LogP contribution in [-0.2, 0) is 21.4 Å². The first-order valence-corrected chi connectivity index (χ1v) is 11.4. The van der Waals surface area contributed by atoms with Crippen molar-refractivity contribution in [3.63, 3.8) is 0 Å². The minimum Gasteiger partial charge on any atom is -0.494 e. The van der Waals surface area contributed by atoms with Crippen molar-refractivity contribution < 1.29 is 27.4 Å². The first kappa shape index (κ1) is 21.8. The number of benzene rings is 2. The van der Waals surface area contributed by atoms with Gasteiger partial charge >= 0.3 is 0 Å². The summed E-state index contributed by atoms with van der Waals surface area (Å²) in [6.07, 6.45) is 0. The molecule has 0 atom stereocenters. The molecule has 0 unspecified atom stereocenters. The molecule has 0 aliphatic carbocycles. The van der Waals surface area contributed by atoms with Gasteiger partial charge in [0.25, 0.3) is 0 Å². The molecule has 0 saturated carbocycles. The number of anilines is 1. The second-order valence-electron chi connectivity index (χ2n) is 6.59. The SMILES string of the molecule is CCOc1cccc(CNC(=O)CN(c2ccc3c(c2)OCCO3)S(=O)(=O)CC)c1. The van der Waals surface area contributed by atoms with Crippen LogP contribution >= 0.6 is 0 Å². The third kappa shape index (κ3) is 5.35. The van der Waals surface area contributed by atoms with E-state index in [1.807, 2.05) is 31.2 Å². The molecule has 30 heavy (non-hydrogen) atoms. The zero-order valence-corrected chi connectivity index (χ0v) is 17.9. The Labute approximate surface area is 176 Å². The second kappa shape index (κ2) is 9.71. The van der Waals surface area contributed by atoms with Gasteiger partial charge in [-0.15, -0.1) is 0 Å². The molecule has 2 aromatic carbocycles. The Bertz CT molecular complexity index is 993. The van der Waals surface area contributed by atoms with E-state index < -0.39 is 15.9 Å². The molecule has 1 amide bonds. The van der Waals surface area contributed by atoms with Crippen LogP contribution in [0.4, 0.5) is 5.69 Å². The molecule has 1 N–H and O–H groups in total. The smallest absolute Gasteiger partial charge is 0.241 e. The summed E-state index contributed by atoms with van der Waals surface area (Å²) in [5, 5.41) is 2.77. The van der Waals surface area contributed by atoms with Crippen LogP contribution in [0.3, 0.4) is 0 Å². The minimum atomic E-state index is -3.68. The number of ether oxygens (including phenoxy) is 3. The Morgan fingerprint density at radius 2 is 1.87 bits per heavy atom. The number of fused-ring (bicyclic) bond motifs is 1. The average Bonchev–Trinajstić information content (AvgIpc) is 2.76. The zero-order valence-electron chi connectivity index (χ0n) is 17.1. The lowest BCUT2D eigenvalue weighted by atomic mass is 10.2. The standard InChI is InChI=1S/C21H26N2O6S/c1-3-27-18-7-5-6-16(12-18)14-22-21(24)15-23(30(25,26)4-2)17-8-9-19-20(13-17)29-11-10-28-19/h5-9,12-13H,3-4,10-11,14-15H2,1-2H3,(H,22,24). The molecular weight excluding hydrogens is 408 g/mol. The molecule has 2 aromatic rings. The zero-order chi connectivity index (χ0) is 21.6. The van der Waals surface area contributed by atoms with Crippen molar-refractivity contribution in [2.45, 2.75) is 20.4 Å². The molecule has 0 fully saturated rings. The quantitative estimate of drug-likeness (QED) is 0.651. The van der Waals surface area contributed by atoms with Gasteiger partial charge in [0.1, 0.15) is 25.5 Å². The summed E-state index contributed by atoms with van der Waals surface area (Å²) in [6.45, 7) is 4.75. The molecule has 0 radical (unpaired) electrons. The molecular formula is C21H26N2O6S. The molecule has 1 heterocycles. The molecule has 8 nitrogen and oxygen atoms in total. The summed E-state index contributed by atoms with van der Waals surface area (Å²) in [5.74, 6) is 1.19. The number of hydrogen-bond donors (Lipinski definition) is 1. The van der Waals surface area contributed by atoms with Gasteiger partial charge in [0.2, 0.25) is 15.9 Å². The maximum Gasteiger partial charge on any atom is 0.241 e. The van der Waals surface area contributed by atoms with E-state index in [1.54, 1.807) is 18.2 Å². The van der Waals surface area contributed by atoms with Crippen LogP contribution in [0.1, 0.15) is 19.4 Å². The van der Waals surface area contributed by atoms with E-state index in [9.17, 15) is 13.2 Å². The van der Waals surface area contributed by atoms with Gasteiger partial charge in [-0.25, -0.2) is 8.42 Å². The van der Waals surface area contributed by atoms with Gasteiger partial charge in [0.05, 0.1) is 18.0 Å². The highest BCUT2D eigenvalue weighted by Gasteiger charge is 2.25. The summed E-state index contributed by atoms with van der Waals surface area (Å²) >= 11 is 0. The second-order valence-corrected chi connectivity index (χ2v) is 8.77. The highest BCUT2D eigenvalue weighted by molar-refractivity contribution is 7.92. The van der Waals surface area contributed by atoms with E-state index in [0.717, 1.165) is 15.6 Å². The highest BCUT2D eigenvalue weighted by atomic mass is 32.2. The van der Waals surface area contributed by atoms with Crippen molar-refractivity contribution in [3.05, 3.63) is 48.0 Å². The number of amides is 1. The monoisotopic (exact) mass is 434 g/mol. The van der Waals surface area contributed by atoms with Gasteiger partial charge in [-0.1, -0.05) is 12.1 Å². The topological polar surface area (TPSA) is 94.2 Å². The van der Waals surface area contributed by atoms with Crippen molar-refractivity contribution in [3.8, 4) is 17.2 Å². The first-order chi connectivity index (χ1) is 14.4. The van der Waals surface area contributed by atoms with Crippen LogP contribution in [0, 0.1) is 0 Å². The fourth-order valence-electron chi connectivity index (χ4n) is 2.99. The number of hydrogen-bond acceptors (Lipinski definition) is 6. The van der Waals surface area contributed by atoms with Crippen LogP contribution in [0.5, 0.6) is 17.2 Å². The van der Waals surface area contributed by atoms with Gasteiger partial charge in [-0.05, 0) is 43.7 Å². The number of nitrogens with one attached hydrogen (secondary N) is 1. The van der Waals surface area contributed by atoms with Gasteiger partial charge in [-0.3, -0.25) is 9.10 Å². The lowest BCUT2D eigenvalue weighted by Crippen LogP contribution is -2.41. The summed E-state index contributed by atoms with van der Waals surface area (Å²) in [7, 11) is -3.68. The third-order valence-electron chi connectivity index (χ3n) is 4.50. The normalized spacial score (nSPS) is 12.9. The van der Waals surface area contributed by atoms with E-state index >= 15 is 0 Å². The fourth-order valence-corrected chi connectivity index (χ4v) is 4.05. The summed E-state index contributed by atoms with van der Waals surface area (Å²) in [4.78, 5) is 12.6. The molecule has 162 valence electrons. The highest BCUT2D eigenvalue weighted by Crippen LogP contribution is 2.34. The predicted molar refractivity (Wildman–Crippen MR) is 114 cm³/mol. The molecule has 1 aliphatic rings. The molecule has 0 saturated heterocycles. The Morgan fingerprint density at radius 1 is 1.10 bits per heavy atom. The van der Waals surface area contributed by atoms with E-state index in [0.29, 0.717) is 37.0 Å². The lowest BCUT2D eigenvalue weighted by Gasteiger charge is -2.25. The van der Waals surface area contributed by atoms with Crippen molar-refractivity contribution in [2.24, 2.45) is 0 Å². The number of carbonyl (C=O) groups is 1. The number of nitrogens with zero attached hydrogens (tertiary/aromatic N) is 1. The molecule has 0 bridgehead atoms. The van der Waals surface area contributed by atoms with Crippen molar-refractivity contribution in [1.82, 2.24) is 5.32 Å². The van der Waals surface area contributed by atoms with Gasteiger partial charge < -0.3 is 19.5 Å². The van der Waals surface area contributed by atoms with Gasteiger partial charge in [0.15, 0.2) is 11.5 Å². The van der Waals surface area contributed by atoms with Crippen molar-refractivity contribution >= 4 is 21.6 Å². The Kier molecular flexibility index (Phi) is 7.04. The van der Waals surface area contributed by atoms with E-state index in [2.05, 4.69) is 5.32 Å². The van der Waals surface area contributed by atoms with Crippen LogP contribution in [-0.4, -0.2) is 46.4 Å². The minimum absolute atomic E-state index is 0.134. The van der Waals surface area contributed by atoms with Crippen LogP contribution in [0.2, 0.25) is 0 Å². The van der Waals surface area contributed by atoms with E-state index in [1.165, 1.54) is 6.92 Å². The van der Waals surface area contributed by atoms with Crippen LogP contribution in [0.15, 0.2) is 42.5 Å². The maximum atomic E-state index is 12.7. The predicted octanol–water partition coefficient (Wildman–Crippen LogP) is 2.33. The van der Waals surface area contributed by atoms with Crippen LogP contribution in [0.25, 0.3) is 0 Å². The summed E-state index contributed by atoms with van der Waals surface area (Å²) in [5.41, 5.74) is 1.22. The van der Waals surface area contributed by atoms with Crippen molar-refractivity contribution in [1.29, 1.82) is 0 Å². The van der Waals surface area contributed by atoms with Crippen molar-refractivity contribution in [2.75, 3.05) is 36.4 Å². The average molecular weight is 435 g/mol. The molecule has 3 rings (SSSR count). The lowest BCUT2D eigenvalue weighted by molar-refractivity contribution is -0.119. The Morgan fingerprint density at radius 3 is 2.60 bits per heavy atom. The molecule has 9 heteroatoms. The fraction of sp³-hybridized carbons (Fsp3) is 0.381. The van der Waals surface area contributed by atoms with Gasteiger partial charge in [0, 0.05) is 12.6 Å². The third-order valence-corrected chi connectivity index (χ3v) is 6.24. The van der Waals surface area contributed by atoms with E-state index in [4.69, 9.17) is 14.2 Å². The number of sulfonamides is 1. The van der Waals surface area contributed by atoms with E-state index in [-0.39, 0.29) is 18.8 Å². The summed E-state index contributed by atoms with van der Waals surface area (Å²) < 4.78 is 42.9. The first-order valence-electron chi connectivity index (χ1n) is 9.81. The number of carbonyl (C=O) groups excluding carboxylic acids is 1. The van der Waals surface area contributed by atoms with Crippen LogP contribution < -0.4 is 23.8 Å². The molecule has 1 aliphatic heterocycles. The largest absolute Gasteiger partial charge is 0.494 e. The van der Waals surface area contributed by atoms with Gasteiger partial charge in [-0.2, -0.15) is 0 Å². The number of rotatable bonds is 9. The molecule has 0 aromatic heterocycles. The Hall–Kier alpha value is -2.94.